The Morgan fingerprint density at radius 1 is 1.33 bits per heavy atom. The summed E-state index contributed by atoms with van der Waals surface area (Å²) in [5.74, 6) is 6.96. The lowest BCUT2D eigenvalue weighted by Gasteiger charge is -2.32. The first-order valence-electron chi connectivity index (χ1n) is 6.74. The Hall–Kier alpha value is -1.33. The predicted octanol–water partition coefficient (Wildman–Crippen LogP) is 1.65. The second kappa shape index (κ2) is 6.56. The minimum Gasteiger partial charge on any atom is -0.367 e. The third-order valence-corrected chi connectivity index (χ3v) is 3.38. The van der Waals surface area contributed by atoms with Crippen LogP contribution in [0.1, 0.15) is 26.2 Å². The van der Waals surface area contributed by atoms with E-state index in [0.29, 0.717) is 11.9 Å². The fraction of sp³-hybridized carbons (Fsp3) is 0.615. The zero-order valence-corrected chi connectivity index (χ0v) is 11.0. The van der Waals surface area contributed by atoms with Gasteiger partial charge in [-0.3, -0.25) is 0 Å². The van der Waals surface area contributed by atoms with Crippen LogP contribution in [0.2, 0.25) is 0 Å². The number of hydrogen-bond acceptors (Lipinski definition) is 5. The van der Waals surface area contributed by atoms with Crippen LogP contribution in [-0.4, -0.2) is 35.6 Å². The molecule has 0 saturated carbocycles. The van der Waals surface area contributed by atoms with Crippen molar-refractivity contribution in [3.05, 3.63) is 18.2 Å². The second-order valence-electron chi connectivity index (χ2n) is 4.81. The number of rotatable bonds is 5. The summed E-state index contributed by atoms with van der Waals surface area (Å²) in [6.45, 7) is 5.82. The number of pyridine rings is 1. The van der Waals surface area contributed by atoms with E-state index in [0.717, 1.165) is 5.82 Å². The average Bonchev–Trinajstić information content (AvgIpc) is 2.42. The third kappa shape index (κ3) is 3.58. The molecule has 100 valence electrons. The van der Waals surface area contributed by atoms with E-state index in [2.05, 4.69) is 27.6 Å². The molecule has 1 aliphatic rings. The van der Waals surface area contributed by atoms with Crippen LogP contribution in [0.4, 0.5) is 11.6 Å². The number of hydrazine groups is 1. The molecular weight excluding hydrogens is 226 g/mol. The van der Waals surface area contributed by atoms with Crippen molar-refractivity contribution >= 4 is 11.6 Å². The van der Waals surface area contributed by atoms with Crippen molar-refractivity contribution in [1.29, 1.82) is 0 Å². The van der Waals surface area contributed by atoms with E-state index >= 15 is 0 Å². The van der Waals surface area contributed by atoms with Crippen LogP contribution >= 0.6 is 0 Å². The van der Waals surface area contributed by atoms with Gasteiger partial charge in [-0.1, -0.05) is 13.0 Å². The molecule has 0 radical (unpaired) electrons. The van der Waals surface area contributed by atoms with Gasteiger partial charge in [0, 0.05) is 19.1 Å². The van der Waals surface area contributed by atoms with Crippen LogP contribution < -0.4 is 16.6 Å². The molecular formula is C13H23N5. The molecule has 0 bridgehead atoms. The molecule has 0 spiro atoms. The number of hydrogen-bond donors (Lipinski definition) is 3. The van der Waals surface area contributed by atoms with Gasteiger partial charge in [0.25, 0.3) is 0 Å². The average molecular weight is 249 g/mol. The quantitative estimate of drug-likeness (QED) is 0.547. The molecule has 0 unspecified atom stereocenters. The number of nitrogens with two attached hydrogens (primary N) is 1. The second-order valence-corrected chi connectivity index (χ2v) is 4.81. The minimum absolute atomic E-state index is 0.527. The van der Waals surface area contributed by atoms with Gasteiger partial charge in [-0.15, -0.1) is 0 Å². The summed E-state index contributed by atoms with van der Waals surface area (Å²) in [5.41, 5.74) is 2.57. The molecule has 5 heteroatoms. The highest BCUT2D eigenvalue weighted by Gasteiger charge is 2.18. The lowest BCUT2D eigenvalue weighted by molar-refractivity contribution is 0.219. The topological polar surface area (TPSA) is 66.2 Å². The molecule has 0 amide bonds. The van der Waals surface area contributed by atoms with Gasteiger partial charge in [-0.05, 0) is 37.9 Å². The van der Waals surface area contributed by atoms with Gasteiger partial charge < -0.3 is 15.6 Å². The SMILES string of the molecule is CCCN1CCC(Nc2cccc(NN)n2)CC1. The highest BCUT2D eigenvalue weighted by molar-refractivity contribution is 5.44. The lowest BCUT2D eigenvalue weighted by atomic mass is 10.0. The van der Waals surface area contributed by atoms with Gasteiger partial charge >= 0.3 is 0 Å². The van der Waals surface area contributed by atoms with Crippen molar-refractivity contribution in [3.63, 3.8) is 0 Å². The minimum atomic E-state index is 0.527. The fourth-order valence-corrected chi connectivity index (χ4v) is 2.42. The first kappa shape index (κ1) is 13.1. The van der Waals surface area contributed by atoms with Crippen LogP contribution in [0.15, 0.2) is 18.2 Å². The molecule has 2 heterocycles. The molecule has 1 aromatic rings. The van der Waals surface area contributed by atoms with E-state index in [9.17, 15) is 0 Å². The standard InChI is InChI=1S/C13H23N5/c1-2-8-18-9-6-11(7-10-18)15-12-4-3-5-13(16-12)17-14/h3-5,11H,2,6-10,14H2,1H3,(H2,15,16,17). The van der Waals surface area contributed by atoms with Gasteiger partial charge in [0.1, 0.15) is 11.6 Å². The van der Waals surface area contributed by atoms with E-state index in [1.807, 2.05) is 18.2 Å². The van der Waals surface area contributed by atoms with Crippen LogP contribution in [0, 0.1) is 0 Å². The molecule has 1 fully saturated rings. The molecule has 18 heavy (non-hydrogen) atoms. The monoisotopic (exact) mass is 249 g/mol. The van der Waals surface area contributed by atoms with Crippen molar-refractivity contribution in [1.82, 2.24) is 9.88 Å². The highest BCUT2D eigenvalue weighted by Crippen LogP contribution is 2.16. The van der Waals surface area contributed by atoms with Crippen LogP contribution in [-0.2, 0) is 0 Å². The molecule has 1 aliphatic heterocycles. The first-order chi connectivity index (χ1) is 8.81. The summed E-state index contributed by atoms with van der Waals surface area (Å²) in [7, 11) is 0. The van der Waals surface area contributed by atoms with E-state index in [1.165, 1.54) is 38.9 Å². The normalized spacial score (nSPS) is 17.7. The maximum absolute atomic E-state index is 5.36. The largest absolute Gasteiger partial charge is 0.367 e. The predicted molar refractivity (Wildman–Crippen MR) is 75.4 cm³/mol. The molecule has 0 atom stereocenters. The van der Waals surface area contributed by atoms with Crippen molar-refractivity contribution in [2.45, 2.75) is 32.2 Å². The van der Waals surface area contributed by atoms with Gasteiger partial charge in [-0.2, -0.15) is 0 Å². The number of aromatic nitrogens is 1. The van der Waals surface area contributed by atoms with E-state index in [-0.39, 0.29) is 0 Å². The molecule has 0 aromatic carbocycles. The number of nitrogens with zero attached hydrogens (tertiary/aromatic N) is 2. The fourth-order valence-electron chi connectivity index (χ4n) is 2.42. The first-order valence-corrected chi connectivity index (χ1v) is 6.74. The summed E-state index contributed by atoms with van der Waals surface area (Å²) in [6.07, 6.45) is 3.60. The van der Waals surface area contributed by atoms with E-state index < -0.39 is 0 Å². The summed E-state index contributed by atoms with van der Waals surface area (Å²) in [4.78, 5) is 6.91. The Labute approximate surface area is 109 Å². The maximum Gasteiger partial charge on any atom is 0.142 e. The molecule has 4 N–H and O–H groups in total. The molecule has 1 saturated heterocycles. The zero-order chi connectivity index (χ0) is 12.8. The number of nitrogen functional groups attached to an aromatic ring is 1. The van der Waals surface area contributed by atoms with E-state index in [1.54, 1.807) is 0 Å². The van der Waals surface area contributed by atoms with Crippen molar-refractivity contribution in [2.75, 3.05) is 30.4 Å². The van der Waals surface area contributed by atoms with Gasteiger partial charge in [0.05, 0.1) is 0 Å². The zero-order valence-electron chi connectivity index (χ0n) is 11.0. The number of piperidine rings is 1. The van der Waals surface area contributed by atoms with Gasteiger partial charge in [0.15, 0.2) is 0 Å². The Kier molecular flexibility index (Phi) is 4.78. The van der Waals surface area contributed by atoms with Gasteiger partial charge in [-0.25, -0.2) is 10.8 Å². The van der Waals surface area contributed by atoms with Crippen molar-refractivity contribution < 1.29 is 0 Å². The summed E-state index contributed by atoms with van der Waals surface area (Å²) < 4.78 is 0. The highest BCUT2D eigenvalue weighted by atomic mass is 15.3. The molecule has 1 aromatic heterocycles. The third-order valence-electron chi connectivity index (χ3n) is 3.38. The number of anilines is 2. The molecule has 5 nitrogen and oxygen atoms in total. The molecule has 0 aliphatic carbocycles. The maximum atomic E-state index is 5.36. The Morgan fingerprint density at radius 2 is 2.06 bits per heavy atom. The Balaban J connectivity index is 1.83. The number of nitrogens with one attached hydrogen (secondary N) is 2. The van der Waals surface area contributed by atoms with Crippen LogP contribution in [0.3, 0.4) is 0 Å². The van der Waals surface area contributed by atoms with Gasteiger partial charge in [0.2, 0.25) is 0 Å². The molecule has 2 rings (SSSR count). The number of likely N-dealkylation sites (tertiary alicyclic amines) is 1. The van der Waals surface area contributed by atoms with Crippen molar-refractivity contribution in [3.8, 4) is 0 Å². The Bertz CT molecular complexity index is 360. The van der Waals surface area contributed by atoms with E-state index in [4.69, 9.17) is 5.84 Å². The summed E-state index contributed by atoms with van der Waals surface area (Å²) in [5, 5.41) is 3.48. The lowest BCUT2D eigenvalue weighted by Crippen LogP contribution is -2.39. The van der Waals surface area contributed by atoms with Crippen LogP contribution in [0.5, 0.6) is 0 Å². The Morgan fingerprint density at radius 3 is 2.72 bits per heavy atom. The summed E-state index contributed by atoms with van der Waals surface area (Å²) in [6, 6.07) is 6.32. The van der Waals surface area contributed by atoms with Crippen molar-refractivity contribution in [2.24, 2.45) is 5.84 Å². The van der Waals surface area contributed by atoms with Crippen LogP contribution in [0.25, 0.3) is 0 Å². The smallest absolute Gasteiger partial charge is 0.142 e. The summed E-state index contributed by atoms with van der Waals surface area (Å²) >= 11 is 0.